The molecular weight excluding hydrogens is 526 g/mol. The average molecular weight is 552 g/mol. The fraction of sp³-hybridized carbons (Fsp3) is 0. The van der Waals surface area contributed by atoms with E-state index in [2.05, 4.69) is 132 Å². The van der Waals surface area contributed by atoms with Gasteiger partial charge in [-0.15, -0.1) is 0 Å². The minimum absolute atomic E-state index is 0.869. The number of fused-ring (bicyclic) bond motifs is 8. The number of hydrogen-bond donors (Lipinski definition) is 0. The van der Waals surface area contributed by atoms with Crippen molar-refractivity contribution in [2.24, 2.45) is 0 Å². The highest BCUT2D eigenvalue weighted by molar-refractivity contribution is 6.20. The molecule has 0 radical (unpaired) electrons. The van der Waals surface area contributed by atoms with Gasteiger partial charge >= 0.3 is 0 Å². The summed E-state index contributed by atoms with van der Waals surface area (Å²) in [5.41, 5.74) is 9.13. The van der Waals surface area contributed by atoms with E-state index in [0.717, 1.165) is 66.3 Å². The molecule has 0 fully saturated rings. The minimum Gasteiger partial charge on any atom is -0.456 e. The van der Waals surface area contributed by atoms with Crippen LogP contribution in [0.4, 0.5) is 17.1 Å². The molecule has 3 heteroatoms. The molecule has 202 valence electrons. The van der Waals surface area contributed by atoms with Gasteiger partial charge in [-0.05, 0) is 76.5 Å². The average Bonchev–Trinajstić information content (AvgIpc) is 3.65. The summed E-state index contributed by atoms with van der Waals surface area (Å²) in [6.45, 7) is 0. The summed E-state index contributed by atoms with van der Waals surface area (Å²) in [6, 6.07) is 53.1. The number of para-hydroxylation sites is 2. The second-order valence-electron chi connectivity index (χ2n) is 10.9. The first kappa shape index (κ1) is 23.9. The summed E-state index contributed by atoms with van der Waals surface area (Å²) in [4.78, 5) is 2.35. The molecule has 0 N–H and O–H groups in total. The van der Waals surface area contributed by atoms with Crippen LogP contribution in [0.5, 0.6) is 0 Å². The van der Waals surface area contributed by atoms with Crippen molar-refractivity contribution in [3.8, 4) is 11.1 Å². The van der Waals surface area contributed by atoms with Gasteiger partial charge in [-0.3, -0.25) is 0 Å². The van der Waals surface area contributed by atoms with Crippen molar-refractivity contribution in [1.29, 1.82) is 0 Å². The standard InChI is InChI=1S/C40H25NO2/c1-2-9-26(10-3-1)27-17-21-29(22-18-27)41(34-13-8-16-37-40(34)32-12-5-7-15-36(32)42-37)30-23-19-28-20-24-38-39(33(28)25-30)31-11-4-6-14-35(31)43-38/h1-25H. The highest BCUT2D eigenvalue weighted by Gasteiger charge is 2.20. The van der Waals surface area contributed by atoms with E-state index in [9.17, 15) is 0 Å². The van der Waals surface area contributed by atoms with Crippen LogP contribution < -0.4 is 4.90 Å². The molecule has 3 nitrogen and oxygen atoms in total. The predicted octanol–water partition coefficient (Wildman–Crippen LogP) is 11.8. The van der Waals surface area contributed by atoms with E-state index in [1.165, 1.54) is 16.5 Å². The van der Waals surface area contributed by atoms with Crippen molar-refractivity contribution in [3.63, 3.8) is 0 Å². The Hall–Kier alpha value is -5.80. The van der Waals surface area contributed by atoms with Gasteiger partial charge in [0.25, 0.3) is 0 Å². The number of nitrogens with zero attached hydrogens (tertiary/aromatic N) is 1. The SMILES string of the molecule is c1ccc(-c2ccc(N(c3ccc4ccc5oc6ccccc6c5c4c3)c3cccc4oc5ccccc5c34)cc2)cc1. The van der Waals surface area contributed by atoms with Crippen molar-refractivity contribution < 1.29 is 8.83 Å². The van der Waals surface area contributed by atoms with E-state index < -0.39 is 0 Å². The maximum Gasteiger partial charge on any atom is 0.137 e. The summed E-state index contributed by atoms with van der Waals surface area (Å²) >= 11 is 0. The van der Waals surface area contributed by atoms with Gasteiger partial charge in [0.15, 0.2) is 0 Å². The molecule has 0 bridgehead atoms. The van der Waals surface area contributed by atoms with E-state index in [0.29, 0.717) is 0 Å². The van der Waals surface area contributed by atoms with Crippen LogP contribution in [0.1, 0.15) is 0 Å². The van der Waals surface area contributed by atoms with E-state index in [1.807, 2.05) is 24.3 Å². The zero-order valence-corrected chi connectivity index (χ0v) is 23.2. The van der Waals surface area contributed by atoms with Crippen LogP contribution in [-0.2, 0) is 0 Å². The molecular formula is C40H25NO2. The van der Waals surface area contributed by atoms with Crippen LogP contribution in [0.2, 0.25) is 0 Å². The molecule has 7 aromatic carbocycles. The summed E-state index contributed by atoms with van der Waals surface area (Å²) in [5.74, 6) is 0. The number of benzene rings is 7. The Bertz CT molecular complexity index is 2450. The van der Waals surface area contributed by atoms with Crippen molar-refractivity contribution in [2.75, 3.05) is 4.90 Å². The van der Waals surface area contributed by atoms with Crippen LogP contribution in [0.25, 0.3) is 65.8 Å². The molecule has 0 saturated carbocycles. The van der Waals surface area contributed by atoms with Crippen LogP contribution in [-0.4, -0.2) is 0 Å². The van der Waals surface area contributed by atoms with Gasteiger partial charge < -0.3 is 13.7 Å². The maximum absolute atomic E-state index is 6.32. The number of rotatable bonds is 4. The topological polar surface area (TPSA) is 29.5 Å². The minimum atomic E-state index is 0.869. The van der Waals surface area contributed by atoms with Crippen LogP contribution in [0.3, 0.4) is 0 Å². The number of anilines is 3. The summed E-state index contributed by atoms with van der Waals surface area (Å²) in [7, 11) is 0. The molecule has 0 aliphatic carbocycles. The molecule has 0 aliphatic heterocycles. The van der Waals surface area contributed by atoms with Gasteiger partial charge in [-0.1, -0.05) is 97.1 Å². The molecule has 0 aliphatic rings. The van der Waals surface area contributed by atoms with Gasteiger partial charge in [0, 0.05) is 27.5 Å². The highest BCUT2D eigenvalue weighted by atomic mass is 16.3. The molecule has 0 amide bonds. The fourth-order valence-corrected chi connectivity index (χ4v) is 6.47. The van der Waals surface area contributed by atoms with E-state index in [-0.39, 0.29) is 0 Å². The van der Waals surface area contributed by atoms with Crippen molar-refractivity contribution >= 4 is 71.7 Å². The summed E-state index contributed by atoms with van der Waals surface area (Å²) in [6.07, 6.45) is 0. The van der Waals surface area contributed by atoms with Crippen molar-refractivity contribution in [1.82, 2.24) is 0 Å². The molecule has 9 aromatic rings. The molecule has 43 heavy (non-hydrogen) atoms. The number of furan rings is 2. The smallest absolute Gasteiger partial charge is 0.137 e. The molecule has 2 heterocycles. The lowest BCUT2D eigenvalue weighted by molar-refractivity contribution is 0.668. The quantitative estimate of drug-likeness (QED) is 0.218. The highest BCUT2D eigenvalue weighted by Crippen LogP contribution is 2.45. The van der Waals surface area contributed by atoms with Gasteiger partial charge in [-0.2, -0.15) is 0 Å². The Morgan fingerprint density at radius 1 is 0.372 bits per heavy atom. The lowest BCUT2D eigenvalue weighted by Gasteiger charge is -2.27. The van der Waals surface area contributed by atoms with Gasteiger partial charge in [0.2, 0.25) is 0 Å². The van der Waals surface area contributed by atoms with Crippen molar-refractivity contribution in [3.05, 3.63) is 152 Å². The first-order valence-corrected chi connectivity index (χ1v) is 14.5. The third kappa shape index (κ3) is 3.75. The molecule has 0 unspecified atom stereocenters. The van der Waals surface area contributed by atoms with E-state index >= 15 is 0 Å². The van der Waals surface area contributed by atoms with Crippen LogP contribution in [0.15, 0.2) is 160 Å². The Morgan fingerprint density at radius 3 is 1.72 bits per heavy atom. The molecule has 0 atom stereocenters. The Balaban J connectivity index is 1.32. The fourth-order valence-electron chi connectivity index (χ4n) is 6.47. The van der Waals surface area contributed by atoms with Crippen molar-refractivity contribution in [2.45, 2.75) is 0 Å². The molecule has 2 aromatic heterocycles. The maximum atomic E-state index is 6.32. The number of hydrogen-bond acceptors (Lipinski definition) is 3. The largest absolute Gasteiger partial charge is 0.456 e. The Kier molecular flexibility index (Phi) is 5.20. The second-order valence-corrected chi connectivity index (χ2v) is 10.9. The summed E-state index contributed by atoms with van der Waals surface area (Å²) in [5, 5.41) is 6.80. The van der Waals surface area contributed by atoms with Gasteiger partial charge in [0.1, 0.15) is 22.3 Å². The Morgan fingerprint density at radius 2 is 0.953 bits per heavy atom. The van der Waals surface area contributed by atoms with Crippen LogP contribution in [0, 0.1) is 0 Å². The van der Waals surface area contributed by atoms with E-state index in [4.69, 9.17) is 8.83 Å². The molecule has 9 rings (SSSR count). The molecule has 0 spiro atoms. The Labute approximate surface area is 247 Å². The summed E-state index contributed by atoms with van der Waals surface area (Å²) < 4.78 is 12.6. The first-order chi connectivity index (χ1) is 21.3. The zero-order valence-electron chi connectivity index (χ0n) is 23.2. The van der Waals surface area contributed by atoms with Crippen LogP contribution >= 0.6 is 0 Å². The third-order valence-corrected chi connectivity index (χ3v) is 8.46. The van der Waals surface area contributed by atoms with Gasteiger partial charge in [0.05, 0.1) is 11.1 Å². The van der Waals surface area contributed by atoms with Gasteiger partial charge in [-0.25, -0.2) is 0 Å². The lowest BCUT2D eigenvalue weighted by atomic mass is 10.0. The predicted molar refractivity (Wildman–Crippen MR) is 179 cm³/mol. The second kappa shape index (κ2) is 9.37. The lowest BCUT2D eigenvalue weighted by Crippen LogP contribution is -2.10. The third-order valence-electron chi connectivity index (χ3n) is 8.46. The first-order valence-electron chi connectivity index (χ1n) is 14.5. The molecule has 0 saturated heterocycles. The zero-order chi connectivity index (χ0) is 28.3. The monoisotopic (exact) mass is 551 g/mol. The van der Waals surface area contributed by atoms with E-state index in [1.54, 1.807) is 0 Å². The normalized spacial score (nSPS) is 11.7.